The number of carbonyl (C=O) groups is 1. The highest BCUT2D eigenvalue weighted by molar-refractivity contribution is 6.06. The van der Waals surface area contributed by atoms with Crippen molar-refractivity contribution in [1.29, 1.82) is 0 Å². The summed E-state index contributed by atoms with van der Waals surface area (Å²) < 4.78 is 7.24. The standard InChI is InChI=1S/C18H19N3O2/c1-3-8-15-16(17(22)23-4-2)13-9-5-6-10-14(13)21(15)18-19-11-7-12-20-18/h5-7,9-12H,3-4,8H2,1-2H3. The van der Waals surface area contributed by atoms with Crippen LogP contribution in [0, 0.1) is 0 Å². The van der Waals surface area contributed by atoms with Gasteiger partial charge in [-0.3, -0.25) is 4.57 Å². The topological polar surface area (TPSA) is 57.0 Å². The molecule has 0 spiro atoms. The number of benzene rings is 1. The molecular formula is C18H19N3O2. The Morgan fingerprint density at radius 3 is 2.57 bits per heavy atom. The molecule has 118 valence electrons. The van der Waals surface area contributed by atoms with Gasteiger partial charge in [-0.1, -0.05) is 31.5 Å². The summed E-state index contributed by atoms with van der Waals surface area (Å²) in [5.41, 5.74) is 2.44. The van der Waals surface area contributed by atoms with Crippen molar-refractivity contribution in [2.75, 3.05) is 6.61 Å². The van der Waals surface area contributed by atoms with Crippen molar-refractivity contribution >= 4 is 16.9 Å². The minimum absolute atomic E-state index is 0.290. The van der Waals surface area contributed by atoms with E-state index in [2.05, 4.69) is 16.9 Å². The van der Waals surface area contributed by atoms with Crippen LogP contribution < -0.4 is 0 Å². The molecule has 5 heteroatoms. The van der Waals surface area contributed by atoms with Gasteiger partial charge in [0.1, 0.15) is 0 Å². The fraction of sp³-hybridized carbons (Fsp3) is 0.278. The summed E-state index contributed by atoms with van der Waals surface area (Å²) in [5, 5.41) is 0.877. The molecule has 2 heterocycles. The smallest absolute Gasteiger partial charge is 0.340 e. The third kappa shape index (κ3) is 2.70. The second kappa shape index (κ2) is 6.60. The monoisotopic (exact) mass is 309 g/mol. The average molecular weight is 309 g/mol. The molecule has 0 fully saturated rings. The largest absolute Gasteiger partial charge is 0.462 e. The van der Waals surface area contributed by atoms with Gasteiger partial charge in [0.15, 0.2) is 0 Å². The Hall–Kier alpha value is -2.69. The van der Waals surface area contributed by atoms with Gasteiger partial charge in [0.25, 0.3) is 0 Å². The highest BCUT2D eigenvalue weighted by Gasteiger charge is 2.24. The molecule has 0 saturated carbocycles. The zero-order valence-electron chi connectivity index (χ0n) is 13.3. The van der Waals surface area contributed by atoms with Crippen LogP contribution in [0.5, 0.6) is 0 Å². The van der Waals surface area contributed by atoms with Crippen molar-refractivity contribution in [1.82, 2.24) is 14.5 Å². The lowest BCUT2D eigenvalue weighted by Crippen LogP contribution is -2.10. The number of aromatic nitrogens is 3. The molecule has 0 amide bonds. The van der Waals surface area contributed by atoms with E-state index < -0.39 is 0 Å². The normalized spacial score (nSPS) is 10.9. The third-order valence-electron chi connectivity index (χ3n) is 3.69. The van der Waals surface area contributed by atoms with Crippen molar-refractivity contribution < 1.29 is 9.53 Å². The number of carbonyl (C=O) groups excluding carboxylic acids is 1. The van der Waals surface area contributed by atoms with Crippen LogP contribution in [0.2, 0.25) is 0 Å². The van der Waals surface area contributed by atoms with Gasteiger partial charge in [0.2, 0.25) is 5.95 Å². The van der Waals surface area contributed by atoms with Crippen LogP contribution in [0.4, 0.5) is 0 Å². The van der Waals surface area contributed by atoms with E-state index in [1.807, 2.05) is 35.8 Å². The highest BCUT2D eigenvalue weighted by atomic mass is 16.5. The number of hydrogen-bond donors (Lipinski definition) is 0. The van der Waals surface area contributed by atoms with Crippen LogP contribution in [0.1, 0.15) is 36.3 Å². The molecule has 2 aromatic heterocycles. The molecular weight excluding hydrogens is 290 g/mol. The number of esters is 1. The number of fused-ring (bicyclic) bond motifs is 1. The van der Waals surface area contributed by atoms with Gasteiger partial charge in [-0.15, -0.1) is 0 Å². The number of hydrogen-bond acceptors (Lipinski definition) is 4. The van der Waals surface area contributed by atoms with E-state index in [1.54, 1.807) is 18.5 Å². The van der Waals surface area contributed by atoms with Gasteiger partial charge in [0, 0.05) is 23.5 Å². The predicted molar refractivity (Wildman–Crippen MR) is 88.8 cm³/mol. The molecule has 5 nitrogen and oxygen atoms in total. The SMILES string of the molecule is CCCc1c(C(=O)OCC)c2ccccc2n1-c1ncccn1. The molecule has 3 aromatic rings. The quantitative estimate of drug-likeness (QED) is 0.676. The van der Waals surface area contributed by atoms with Crippen molar-refractivity contribution in [3.05, 3.63) is 54.0 Å². The van der Waals surface area contributed by atoms with Crippen LogP contribution in [-0.2, 0) is 11.2 Å². The fourth-order valence-electron chi connectivity index (χ4n) is 2.83. The second-order valence-electron chi connectivity index (χ2n) is 5.19. The molecule has 0 aliphatic rings. The van der Waals surface area contributed by atoms with Crippen LogP contribution in [0.25, 0.3) is 16.9 Å². The summed E-state index contributed by atoms with van der Waals surface area (Å²) in [6.07, 6.45) is 5.07. The van der Waals surface area contributed by atoms with Gasteiger partial charge in [-0.05, 0) is 25.5 Å². The van der Waals surface area contributed by atoms with Crippen molar-refractivity contribution in [2.45, 2.75) is 26.7 Å². The van der Waals surface area contributed by atoms with E-state index in [4.69, 9.17) is 4.74 Å². The van der Waals surface area contributed by atoms with E-state index in [1.165, 1.54) is 0 Å². The summed E-state index contributed by atoms with van der Waals surface area (Å²) in [4.78, 5) is 21.2. The lowest BCUT2D eigenvalue weighted by atomic mass is 10.1. The first-order valence-electron chi connectivity index (χ1n) is 7.84. The van der Waals surface area contributed by atoms with E-state index in [0.29, 0.717) is 18.1 Å². The lowest BCUT2D eigenvalue weighted by molar-refractivity contribution is 0.0527. The molecule has 0 N–H and O–H groups in total. The van der Waals surface area contributed by atoms with E-state index in [9.17, 15) is 4.79 Å². The Kier molecular flexibility index (Phi) is 4.37. The first kappa shape index (κ1) is 15.2. The van der Waals surface area contributed by atoms with Crippen LogP contribution >= 0.6 is 0 Å². The highest BCUT2D eigenvalue weighted by Crippen LogP contribution is 2.30. The Labute approximate surface area is 134 Å². The Balaban J connectivity index is 2.34. The first-order chi connectivity index (χ1) is 11.3. The maximum Gasteiger partial charge on any atom is 0.340 e. The average Bonchev–Trinajstić information content (AvgIpc) is 2.90. The minimum atomic E-state index is -0.290. The summed E-state index contributed by atoms with van der Waals surface area (Å²) in [6.45, 7) is 4.26. The molecule has 0 bridgehead atoms. The summed E-state index contributed by atoms with van der Waals surface area (Å²) in [7, 11) is 0. The second-order valence-corrected chi connectivity index (χ2v) is 5.19. The summed E-state index contributed by atoms with van der Waals surface area (Å²) in [5.74, 6) is 0.282. The molecule has 3 rings (SSSR count). The minimum Gasteiger partial charge on any atom is -0.462 e. The van der Waals surface area contributed by atoms with Crippen molar-refractivity contribution in [3.63, 3.8) is 0 Å². The van der Waals surface area contributed by atoms with Crippen LogP contribution in [-0.4, -0.2) is 27.1 Å². The Bertz CT molecular complexity index is 825. The van der Waals surface area contributed by atoms with E-state index in [-0.39, 0.29) is 5.97 Å². The Morgan fingerprint density at radius 2 is 1.87 bits per heavy atom. The molecule has 0 aliphatic carbocycles. The maximum absolute atomic E-state index is 12.5. The van der Waals surface area contributed by atoms with Gasteiger partial charge >= 0.3 is 5.97 Å². The Morgan fingerprint density at radius 1 is 1.13 bits per heavy atom. The van der Waals surface area contributed by atoms with Crippen LogP contribution in [0.3, 0.4) is 0 Å². The van der Waals surface area contributed by atoms with Crippen LogP contribution in [0.15, 0.2) is 42.7 Å². The molecule has 0 atom stereocenters. The number of ether oxygens (including phenoxy) is 1. The third-order valence-corrected chi connectivity index (χ3v) is 3.69. The van der Waals surface area contributed by atoms with Gasteiger partial charge in [0.05, 0.1) is 17.7 Å². The summed E-state index contributed by atoms with van der Waals surface area (Å²) in [6, 6.07) is 9.58. The molecule has 0 radical (unpaired) electrons. The number of para-hydroxylation sites is 1. The predicted octanol–water partition coefficient (Wildman–Crippen LogP) is 3.55. The van der Waals surface area contributed by atoms with Gasteiger partial charge < -0.3 is 4.74 Å². The maximum atomic E-state index is 12.5. The fourth-order valence-corrected chi connectivity index (χ4v) is 2.83. The van der Waals surface area contributed by atoms with Crippen molar-refractivity contribution in [2.24, 2.45) is 0 Å². The van der Waals surface area contributed by atoms with E-state index >= 15 is 0 Å². The van der Waals surface area contributed by atoms with Gasteiger partial charge in [-0.2, -0.15) is 0 Å². The number of nitrogens with zero attached hydrogens (tertiary/aromatic N) is 3. The molecule has 0 unspecified atom stereocenters. The van der Waals surface area contributed by atoms with Gasteiger partial charge in [-0.25, -0.2) is 14.8 Å². The lowest BCUT2D eigenvalue weighted by Gasteiger charge is -2.09. The molecule has 23 heavy (non-hydrogen) atoms. The van der Waals surface area contributed by atoms with E-state index in [0.717, 1.165) is 29.4 Å². The molecule has 0 saturated heterocycles. The molecule has 1 aromatic carbocycles. The summed E-state index contributed by atoms with van der Waals surface area (Å²) >= 11 is 0. The zero-order valence-corrected chi connectivity index (χ0v) is 13.3. The first-order valence-corrected chi connectivity index (χ1v) is 7.84. The molecule has 0 aliphatic heterocycles. The van der Waals surface area contributed by atoms with Crippen molar-refractivity contribution in [3.8, 4) is 5.95 Å². The zero-order chi connectivity index (χ0) is 16.2. The number of rotatable bonds is 5.